The SMILES string of the molecule is CCOC(=O)C1=C(C)OC(N)=C(C#N)C1c1c(Br)cc(Br)c(O)c1Br. The molecule has 1 atom stereocenters. The molecule has 3 N–H and O–H groups in total. The largest absolute Gasteiger partial charge is 0.506 e. The molecular weight excluding hydrogens is 524 g/mol. The lowest BCUT2D eigenvalue weighted by molar-refractivity contribution is -0.139. The molecule has 6 nitrogen and oxygen atoms in total. The van der Waals surface area contributed by atoms with E-state index in [0.29, 0.717) is 19.0 Å². The summed E-state index contributed by atoms with van der Waals surface area (Å²) in [4.78, 5) is 12.5. The normalized spacial score (nSPS) is 17.2. The molecule has 0 aliphatic carbocycles. The Hall–Kier alpha value is -1.50. The highest BCUT2D eigenvalue weighted by Gasteiger charge is 2.39. The number of hydrogen-bond acceptors (Lipinski definition) is 6. The van der Waals surface area contributed by atoms with Gasteiger partial charge >= 0.3 is 5.97 Å². The van der Waals surface area contributed by atoms with Crippen LogP contribution < -0.4 is 5.73 Å². The lowest BCUT2D eigenvalue weighted by atomic mass is 9.83. The van der Waals surface area contributed by atoms with Crippen molar-refractivity contribution in [2.45, 2.75) is 19.8 Å². The molecule has 0 amide bonds. The van der Waals surface area contributed by atoms with Crippen LogP contribution in [0.3, 0.4) is 0 Å². The monoisotopic (exact) mass is 534 g/mol. The van der Waals surface area contributed by atoms with Gasteiger partial charge in [-0.2, -0.15) is 5.26 Å². The van der Waals surface area contributed by atoms with Crippen LogP contribution in [0.15, 0.2) is 42.3 Å². The maximum Gasteiger partial charge on any atom is 0.338 e. The van der Waals surface area contributed by atoms with Gasteiger partial charge in [-0.25, -0.2) is 4.79 Å². The first kappa shape index (κ1) is 19.8. The van der Waals surface area contributed by atoms with E-state index < -0.39 is 11.9 Å². The van der Waals surface area contributed by atoms with Crippen molar-refractivity contribution in [2.75, 3.05) is 6.61 Å². The highest BCUT2D eigenvalue weighted by atomic mass is 79.9. The van der Waals surface area contributed by atoms with Gasteiger partial charge in [-0.15, -0.1) is 0 Å². The fraction of sp³-hybridized carbons (Fsp3) is 0.250. The Labute approximate surface area is 169 Å². The predicted octanol–water partition coefficient (Wildman–Crippen LogP) is 4.32. The number of phenolic OH excluding ortho intramolecular Hbond substituents is 1. The first-order valence-corrected chi connectivity index (χ1v) is 9.44. The Kier molecular flexibility index (Phi) is 6.19. The molecule has 0 radical (unpaired) electrons. The number of aromatic hydroxyl groups is 1. The first-order valence-electron chi connectivity index (χ1n) is 7.06. The van der Waals surface area contributed by atoms with Gasteiger partial charge in [0.2, 0.25) is 5.88 Å². The zero-order chi connectivity index (χ0) is 18.9. The second-order valence-corrected chi connectivity index (χ2v) is 7.53. The van der Waals surface area contributed by atoms with Gasteiger partial charge in [0, 0.05) is 4.47 Å². The number of rotatable bonds is 3. The van der Waals surface area contributed by atoms with E-state index in [1.807, 2.05) is 6.07 Å². The van der Waals surface area contributed by atoms with Crippen LogP contribution in [0.25, 0.3) is 0 Å². The van der Waals surface area contributed by atoms with Gasteiger partial charge in [-0.1, -0.05) is 15.9 Å². The van der Waals surface area contributed by atoms with Crippen LogP contribution in [0.5, 0.6) is 5.75 Å². The van der Waals surface area contributed by atoms with E-state index in [4.69, 9.17) is 15.2 Å². The van der Waals surface area contributed by atoms with Crippen LogP contribution in [0.1, 0.15) is 25.3 Å². The van der Waals surface area contributed by atoms with Crippen LogP contribution in [0.4, 0.5) is 0 Å². The molecule has 1 aromatic rings. The Balaban J connectivity index is 2.81. The summed E-state index contributed by atoms with van der Waals surface area (Å²) in [5, 5.41) is 19.8. The fourth-order valence-corrected chi connectivity index (χ4v) is 5.08. The van der Waals surface area contributed by atoms with Crippen molar-refractivity contribution in [2.24, 2.45) is 5.73 Å². The number of halogens is 3. The quantitative estimate of drug-likeness (QED) is 0.557. The molecule has 0 saturated carbocycles. The average Bonchev–Trinajstić information content (AvgIpc) is 2.53. The molecule has 9 heteroatoms. The molecule has 1 aliphatic heterocycles. The van der Waals surface area contributed by atoms with Crippen molar-refractivity contribution >= 4 is 53.8 Å². The predicted molar refractivity (Wildman–Crippen MR) is 101 cm³/mol. The van der Waals surface area contributed by atoms with E-state index in [1.165, 1.54) is 0 Å². The maximum atomic E-state index is 12.5. The molecule has 1 aliphatic rings. The molecular formula is C16H13Br3N2O4. The van der Waals surface area contributed by atoms with Crippen molar-refractivity contribution in [3.8, 4) is 11.8 Å². The third kappa shape index (κ3) is 3.57. The van der Waals surface area contributed by atoms with Gasteiger partial charge in [-0.3, -0.25) is 0 Å². The molecule has 25 heavy (non-hydrogen) atoms. The third-order valence-electron chi connectivity index (χ3n) is 3.57. The molecule has 132 valence electrons. The van der Waals surface area contributed by atoms with Crippen molar-refractivity contribution in [1.29, 1.82) is 5.26 Å². The minimum absolute atomic E-state index is 0.0526. The lowest BCUT2D eigenvalue weighted by Gasteiger charge is -2.28. The maximum absolute atomic E-state index is 12.5. The number of hydrogen-bond donors (Lipinski definition) is 2. The number of carbonyl (C=O) groups is 1. The third-order valence-corrected chi connectivity index (χ3v) is 5.63. The molecule has 0 aromatic heterocycles. The number of carbonyl (C=O) groups excluding carboxylic acids is 1. The minimum Gasteiger partial charge on any atom is -0.506 e. The molecule has 1 aromatic carbocycles. The van der Waals surface area contributed by atoms with E-state index in [2.05, 4.69) is 47.8 Å². The minimum atomic E-state index is -0.861. The Morgan fingerprint density at radius 1 is 1.44 bits per heavy atom. The highest BCUT2D eigenvalue weighted by molar-refractivity contribution is 9.11. The van der Waals surface area contributed by atoms with Crippen LogP contribution in [-0.4, -0.2) is 17.7 Å². The summed E-state index contributed by atoms with van der Waals surface area (Å²) in [7, 11) is 0. The van der Waals surface area contributed by atoms with Crippen molar-refractivity contribution in [3.05, 3.63) is 47.8 Å². The zero-order valence-corrected chi connectivity index (χ0v) is 18.0. The van der Waals surface area contributed by atoms with E-state index in [9.17, 15) is 15.2 Å². The van der Waals surface area contributed by atoms with E-state index >= 15 is 0 Å². The van der Waals surface area contributed by atoms with Gasteiger partial charge in [0.25, 0.3) is 0 Å². The fourth-order valence-electron chi connectivity index (χ4n) is 2.50. The molecule has 2 rings (SSSR count). The van der Waals surface area contributed by atoms with E-state index in [1.54, 1.807) is 19.9 Å². The van der Waals surface area contributed by atoms with Crippen LogP contribution in [0.2, 0.25) is 0 Å². The number of esters is 1. The summed E-state index contributed by atoms with van der Waals surface area (Å²) < 4.78 is 11.8. The number of benzene rings is 1. The molecule has 1 heterocycles. The molecule has 1 unspecified atom stereocenters. The first-order chi connectivity index (χ1) is 11.7. The van der Waals surface area contributed by atoms with Crippen molar-refractivity contribution in [1.82, 2.24) is 0 Å². The summed E-state index contributed by atoms with van der Waals surface area (Å²) in [5.74, 6) is -1.41. The number of allylic oxidation sites excluding steroid dienone is 2. The summed E-state index contributed by atoms with van der Waals surface area (Å²) in [6.07, 6.45) is 0. The zero-order valence-electron chi connectivity index (χ0n) is 13.2. The van der Waals surface area contributed by atoms with E-state index in [-0.39, 0.29) is 35.1 Å². The number of nitriles is 1. The summed E-state index contributed by atoms with van der Waals surface area (Å²) in [6.45, 7) is 3.41. The number of ether oxygens (including phenoxy) is 2. The van der Waals surface area contributed by atoms with Crippen molar-refractivity contribution in [3.63, 3.8) is 0 Å². The van der Waals surface area contributed by atoms with Gasteiger partial charge in [0.1, 0.15) is 23.2 Å². The molecule has 0 saturated heterocycles. The van der Waals surface area contributed by atoms with Crippen LogP contribution in [-0.2, 0) is 14.3 Å². The van der Waals surface area contributed by atoms with Crippen molar-refractivity contribution < 1.29 is 19.4 Å². The van der Waals surface area contributed by atoms with Crippen LogP contribution >= 0.6 is 47.8 Å². The van der Waals surface area contributed by atoms with Gasteiger partial charge in [-0.05, 0) is 57.3 Å². The average molecular weight is 537 g/mol. The lowest BCUT2D eigenvalue weighted by Crippen LogP contribution is -2.26. The second kappa shape index (κ2) is 7.81. The summed E-state index contributed by atoms with van der Waals surface area (Å²) >= 11 is 9.99. The van der Waals surface area contributed by atoms with Gasteiger partial charge in [0.05, 0.1) is 27.0 Å². The molecule has 0 spiro atoms. The Bertz CT molecular complexity index is 856. The number of nitrogens with zero attached hydrogens (tertiary/aromatic N) is 1. The van der Waals surface area contributed by atoms with Gasteiger partial charge < -0.3 is 20.3 Å². The second-order valence-electron chi connectivity index (χ2n) is 5.03. The molecule has 0 bridgehead atoms. The standard InChI is InChI=1S/C16H13Br3N2O4/c1-3-24-16(23)10-6(2)25-15(21)7(5-20)11(10)12-8(17)4-9(18)14(22)13(12)19/h4,11,22H,3,21H2,1-2H3. The van der Waals surface area contributed by atoms with E-state index in [0.717, 1.165) is 0 Å². The number of nitrogens with two attached hydrogens (primary N) is 1. The Morgan fingerprint density at radius 2 is 2.08 bits per heavy atom. The summed E-state index contributed by atoms with van der Waals surface area (Å²) in [5.41, 5.74) is 6.52. The smallest absolute Gasteiger partial charge is 0.338 e. The number of phenols is 1. The summed E-state index contributed by atoms with van der Waals surface area (Å²) in [6, 6.07) is 3.61. The van der Waals surface area contributed by atoms with Crippen LogP contribution in [0, 0.1) is 11.3 Å². The topological polar surface area (TPSA) is 106 Å². The molecule has 0 fully saturated rings. The Morgan fingerprint density at radius 3 is 2.64 bits per heavy atom. The van der Waals surface area contributed by atoms with Gasteiger partial charge in [0.15, 0.2) is 0 Å². The highest BCUT2D eigenvalue weighted by Crippen LogP contribution is 2.49.